The summed E-state index contributed by atoms with van der Waals surface area (Å²) in [6.07, 6.45) is 3.87. The topological polar surface area (TPSA) is 33.0 Å². The predicted octanol–water partition coefficient (Wildman–Crippen LogP) is 2.16. The van der Waals surface area contributed by atoms with Crippen LogP contribution in [0.4, 0.5) is 0 Å². The normalized spacial score (nSPS) is 27.5. The summed E-state index contributed by atoms with van der Waals surface area (Å²) in [4.78, 5) is 0. The Hall–Kier alpha value is -0.200. The van der Waals surface area contributed by atoms with Crippen molar-refractivity contribution < 1.29 is 4.74 Å². The number of thiocyanates is 1. The molecule has 0 unspecified atom stereocenters. The zero-order chi connectivity index (χ0) is 8.10. The summed E-state index contributed by atoms with van der Waals surface area (Å²) in [7, 11) is 0. The van der Waals surface area contributed by atoms with Gasteiger partial charge in [-0.2, -0.15) is 5.26 Å². The number of nitriles is 1. The summed E-state index contributed by atoms with van der Waals surface area (Å²) in [5.41, 5.74) is 0. The molecular formula is C8H13NOS. The van der Waals surface area contributed by atoms with Gasteiger partial charge in [-0.1, -0.05) is 0 Å². The third kappa shape index (κ3) is 2.72. The van der Waals surface area contributed by atoms with Gasteiger partial charge in [0.15, 0.2) is 0 Å². The highest BCUT2D eigenvalue weighted by atomic mass is 32.2. The molecule has 0 amide bonds. The zero-order valence-corrected chi connectivity index (χ0v) is 7.56. The molecule has 3 heteroatoms. The lowest BCUT2D eigenvalue weighted by Crippen LogP contribution is -2.27. The van der Waals surface area contributed by atoms with Crippen LogP contribution in [0.5, 0.6) is 0 Å². The van der Waals surface area contributed by atoms with E-state index in [2.05, 4.69) is 12.3 Å². The van der Waals surface area contributed by atoms with Gasteiger partial charge >= 0.3 is 0 Å². The first-order valence-corrected chi connectivity index (χ1v) is 4.89. The third-order valence-corrected chi connectivity index (χ3v) is 2.76. The maximum absolute atomic E-state index is 8.42. The van der Waals surface area contributed by atoms with Crippen LogP contribution in [-0.2, 0) is 4.74 Å². The monoisotopic (exact) mass is 171 g/mol. The van der Waals surface area contributed by atoms with Crippen molar-refractivity contribution in [2.45, 2.75) is 37.5 Å². The molecule has 1 aliphatic heterocycles. The first-order valence-electron chi connectivity index (χ1n) is 4.01. The van der Waals surface area contributed by atoms with E-state index in [1.54, 1.807) is 0 Å². The van der Waals surface area contributed by atoms with Crippen LogP contribution in [0.1, 0.15) is 26.2 Å². The summed E-state index contributed by atoms with van der Waals surface area (Å²) >= 11 is 1.32. The standard InChI is InChI=1S/C8H13NOS/c1-7(11-6-9)8-4-2-3-5-10-8/h7-8H,2-5H2,1H3/t7-,8-/m1/s1. The third-order valence-electron chi connectivity index (χ3n) is 1.98. The number of nitrogens with zero attached hydrogens (tertiary/aromatic N) is 1. The highest BCUT2D eigenvalue weighted by molar-refractivity contribution is 8.04. The van der Waals surface area contributed by atoms with E-state index in [0.29, 0.717) is 11.4 Å². The van der Waals surface area contributed by atoms with Gasteiger partial charge in [0, 0.05) is 11.9 Å². The fourth-order valence-corrected chi connectivity index (χ4v) is 1.83. The maximum Gasteiger partial charge on any atom is 0.133 e. The van der Waals surface area contributed by atoms with Crippen molar-refractivity contribution in [3.63, 3.8) is 0 Å². The molecule has 62 valence electrons. The van der Waals surface area contributed by atoms with Crippen molar-refractivity contribution >= 4 is 11.8 Å². The lowest BCUT2D eigenvalue weighted by atomic mass is 10.1. The van der Waals surface area contributed by atoms with Gasteiger partial charge in [0.25, 0.3) is 0 Å². The smallest absolute Gasteiger partial charge is 0.133 e. The Morgan fingerprint density at radius 3 is 3.00 bits per heavy atom. The second kappa shape index (κ2) is 4.63. The highest BCUT2D eigenvalue weighted by Crippen LogP contribution is 2.23. The second-order valence-electron chi connectivity index (χ2n) is 2.82. The van der Waals surface area contributed by atoms with Gasteiger partial charge < -0.3 is 4.74 Å². The molecule has 0 bridgehead atoms. The summed E-state index contributed by atoms with van der Waals surface area (Å²) in [5.74, 6) is 0. The summed E-state index contributed by atoms with van der Waals surface area (Å²) in [6, 6.07) is 0. The predicted molar refractivity (Wildman–Crippen MR) is 46.3 cm³/mol. The van der Waals surface area contributed by atoms with E-state index in [1.165, 1.54) is 24.6 Å². The van der Waals surface area contributed by atoms with E-state index in [1.807, 2.05) is 0 Å². The van der Waals surface area contributed by atoms with Crippen LogP contribution in [0.3, 0.4) is 0 Å². The van der Waals surface area contributed by atoms with E-state index in [4.69, 9.17) is 10.00 Å². The van der Waals surface area contributed by atoms with Crippen molar-refractivity contribution in [3.05, 3.63) is 0 Å². The van der Waals surface area contributed by atoms with Gasteiger partial charge in [-0.25, -0.2) is 0 Å². The molecule has 0 aromatic rings. The number of hydrogen-bond donors (Lipinski definition) is 0. The van der Waals surface area contributed by atoms with E-state index >= 15 is 0 Å². The highest BCUT2D eigenvalue weighted by Gasteiger charge is 2.20. The Morgan fingerprint density at radius 1 is 1.64 bits per heavy atom. The molecule has 0 radical (unpaired) electrons. The van der Waals surface area contributed by atoms with Crippen molar-refractivity contribution in [2.75, 3.05) is 6.61 Å². The average Bonchev–Trinajstić information content (AvgIpc) is 2.07. The molecule has 0 aliphatic carbocycles. The fraction of sp³-hybridized carbons (Fsp3) is 0.875. The molecule has 2 atom stereocenters. The van der Waals surface area contributed by atoms with Crippen LogP contribution in [0.25, 0.3) is 0 Å². The molecule has 0 aromatic heterocycles. The molecule has 1 aliphatic rings. The Bertz CT molecular complexity index is 149. The van der Waals surface area contributed by atoms with Crippen molar-refractivity contribution in [1.82, 2.24) is 0 Å². The minimum absolute atomic E-state index is 0.313. The van der Waals surface area contributed by atoms with Crippen molar-refractivity contribution in [2.24, 2.45) is 0 Å². The molecule has 0 spiro atoms. The van der Waals surface area contributed by atoms with Gasteiger partial charge in [0.05, 0.1) is 6.10 Å². The lowest BCUT2D eigenvalue weighted by Gasteiger charge is -2.25. The van der Waals surface area contributed by atoms with Gasteiger partial charge in [-0.15, -0.1) is 0 Å². The van der Waals surface area contributed by atoms with Crippen LogP contribution in [0.2, 0.25) is 0 Å². The quantitative estimate of drug-likeness (QED) is 0.597. The molecular weight excluding hydrogens is 158 g/mol. The van der Waals surface area contributed by atoms with Crippen LogP contribution < -0.4 is 0 Å². The summed E-state index contributed by atoms with van der Waals surface area (Å²) < 4.78 is 5.52. The summed E-state index contributed by atoms with van der Waals surface area (Å²) in [5, 5.41) is 10.9. The largest absolute Gasteiger partial charge is 0.377 e. The molecule has 1 fully saturated rings. The van der Waals surface area contributed by atoms with E-state index < -0.39 is 0 Å². The van der Waals surface area contributed by atoms with Gasteiger partial charge in [-0.3, -0.25) is 0 Å². The number of hydrogen-bond acceptors (Lipinski definition) is 3. The van der Waals surface area contributed by atoms with Crippen molar-refractivity contribution in [1.29, 1.82) is 5.26 Å². The molecule has 11 heavy (non-hydrogen) atoms. The van der Waals surface area contributed by atoms with E-state index in [-0.39, 0.29) is 0 Å². The maximum atomic E-state index is 8.42. The first-order chi connectivity index (χ1) is 5.34. The lowest BCUT2D eigenvalue weighted by molar-refractivity contribution is 0.0179. The Balaban J connectivity index is 2.27. The van der Waals surface area contributed by atoms with Gasteiger partial charge in [-0.05, 0) is 37.9 Å². The first kappa shape index (κ1) is 8.89. The number of ether oxygens (including phenoxy) is 1. The SMILES string of the molecule is C[C@@H](SC#N)[C@H]1CCCCO1. The fourth-order valence-electron chi connectivity index (χ4n) is 1.29. The average molecular weight is 171 g/mol. The molecule has 1 saturated heterocycles. The number of rotatable bonds is 2. The van der Waals surface area contributed by atoms with Crippen LogP contribution in [0.15, 0.2) is 0 Å². The second-order valence-corrected chi connectivity index (χ2v) is 3.98. The van der Waals surface area contributed by atoms with Crippen LogP contribution >= 0.6 is 11.8 Å². The molecule has 0 saturated carbocycles. The van der Waals surface area contributed by atoms with Gasteiger partial charge in [0.1, 0.15) is 5.40 Å². The minimum Gasteiger partial charge on any atom is -0.377 e. The summed E-state index contributed by atoms with van der Waals surface area (Å²) in [6.45, 7) is 2.94. The molecule has 2 nitrogen and oxygen atoms in total. The van der Waals surface area contributed by atoms with Crippen LogP contribution in [-0.4, -0.2) is 18.0 Å². The van der Waals surface area contributed by atoms with E-state index in [9.17, 15) is 0 Å². The van der Waals surface area contributed by atoms with Crippen molar-refractivity contribution in [3.8, 4) is 5.40 Å². The minimum atomic E-state index is 0.313. The Labute approximate surface area is 71.9 Å². The number of thioether (sulfide) groups is 1. The molecule has 1 rings (SSSR count). The zero-order valence-electron chi connectivity index (χ0n) is 6.75. The molecule has 1 heterocycles. The Kier molecular flexibility index (Phi) is 3.74. The molecule has 0 aromatic carbocycles. The van der Waals surface area contributed by atoms with Gasteiger partial charge in [0.2, 0.25) is 0 Å². The molecule has 0 N–H and O–H groups in total. The Morgan fingerprint density at radius 2 is 2.45 bits per heavy atom. The van der Waals surface area contributed by atoms with E-state index in [0.717, 1.165) is 13.0 Å². The van der Waals surface area contributed by atoms with Crippen LogP contribution in [0, 0.1) is 10.7 Å².